The minimum atomic E-state index is -0.0313. The predicted molar refractivity (Wildman–Crippen MR) is 106 cm³/mol. The van der Waals surface area contributed by atoms with Crippen LogP contribution in [0.5, 0.6) is 0 Å². The Bertz CT molecular complexity index is 932. The van der Waals surface area contributed by atoms with Crippen LogP contribution in [-0.2, 0) is 11.2 Å². The van der Waals surface area contributed by atoms with E-state index in [4.69, 9.17) is 11.6 Å². The van der Waals surface area contributed by atoms with Crippen molar-refractivity contribution in [3.63, 3.8) is 0 Å². The molecule has 0 saturated carbocycles. The predicted octanol–water partition coefficient (Wildman–Crippen LogP) is 5.02. The first-order valence-corrected chi connectivity index (χ1v) is 9.00. The first kappa shape index (κ1) is 18.2. The van der Waals surface area contributed by atoms with Gasteiger partial charge in [0.05, 0.1) is 11.4 Å². The Morgan fingerprint density at radius 3 is 2.54 bits per heavy atom. The molecule has 0 aliphatic carbocycles. The van der Waals surface area contributed by atoms with Crippen LogP contribution in [0.1, 0.15) is 28.9 Å². The molecule has 0 aliphatic heterocycles. The standard InChI is InChI=1S/C21H22ClN3O/c1-14-9-10-17(13-20(14)22)23-21(26)12-11-19-15(2)24-25(16(19)3)18-7-5-4-6-8-18/h4-10,13H,11-12H2,1-3H3,(H,23,26). The monoisotopic (exact) mass is 367 g/mol. The van der Waals surface area contributed by atoms with Crippen LogP contribution in [-0.4, -0.2) is 15.7 Å². The lowest BCUT2D eigenvalue weighted by Crippen LogP contribution is -2.12. The molecule has 1 N–H and O–H groups in total. The van der Waals surface area contributed by atoms with Gasteiger partial charge in [-0.2, -0.15) is 5.10 Å². The number of halogens is 1. The van der Waals surface area contributed by atoms with Crippen molar-refractivity contribution in [2.75, 3.05) is 5.32 Å². The highest BCUT2D eigenvalue weighted by Crippen LogP contribution is 2.21. The van der Waals surface area contributed by atoms with Crippen molar-refractivity contribution >= 4 is 23.2 Å². The van der Waals surface area contributed by atoms with Gasteiger partial charge in [-0.1, -0.05) is 35.9 Å². The molecule has 26 heavy (non-hydrogen) atoms. The average Bonchev–Trinajstić information content (AvgIpc) is 2.91. The molecule has 0 saturated heterocycles. The molecule has 2 aromatic carbocycles. The summed E-state index contributed by atoms with van der Waals surface area (Å²) in [6.07, 6.45) is 1.05. The second kappa shape index (κ2) is 7.75. The summed E-state index contributed by atoms with van der Waals surface area (Å²) >= 11 is 6.11. The quantitative estimate of drug-likeness (QED) is 0.688. The van der Waals surface area contributed by atoms with Gasteiger partial charge in [-0.25, -0.2) is 4.68 Å². The number of para-hydroxylation sites is 1. The molecule has 0 aliphatic rings. The number of nitrogens with one attached hydrogen (secondary N) is 1. The third-order valence-corrected chi connectivity index (χ3v) is 4.91. The van der Waals surface area contributed by atoms with Crippen molar-refractivity contribution in [1.29, 1.82) is 0 Å². The molecule has 1 heterocycles. The average molecular weight is 368 g/mol. The van der Waals surface area contributed by atoms with Gasteiger partial charge in [0.15, 0.2) is 0 Å². The number of hydrogen-bond donors (Lipinski definition) is 1. The van der Waals surface area contributed by atoms with Crippen LogP contribution in [0.4, 0.5) is 5.69 Å². The minimum absolute atomic E-state index is 0.0313. The summed E-state index contributed by atoms with van der Waals surface area (Å²) in [5, 5.41) is 8.19. The van der Waals surface area contributed by atoms with Crippen molar-refractivity contribution in [3.8, 4) is 5.69 Å². The van der Waals surface area contributed by atoms with Crippen LogP contribution in [0.15, 0.2) is 48.5 Å². The van der Waals surface area contributed by atoms with Crippen molar-refractivity contribution in [1.82, 2.24) is 9.78 Å². The molecule has 1 amide bonds. The Labute approximate surface area is 158 Å². The first-order chi connectivity index (χ1) is 12.5. The van der Waals surface area contributed by atoms with Gasteiger partial charge in [-0.05, 0) is 62.6 Å². The van der Waals surface area contributed by atoms with Crippen LogP contribution in [0.2, 0.25) is 5.02 Å². The molecule has 0 atom stereocenters. The van der Waals surface area contributed by atoms with E-state index in [9.17, 15) is 4.79 Å². The van der Waals surface area contributed by atoms with Gasteiger partial charge in [-0.3, -0.25) is 4.79 Å². The summed E-state index contributed by atoms with van der Waals surface area (Å²) in [7, 11) is 0. The molecule has 3 aromatic rings. The van der Waals surface area contributed by atoms with Crippen molar-refractivity contribution in [2.24, 2.45) is 0 Å². The molecule has 1 aromatic heterocycles. The zero-order valence-electron chi connectivity index (χ0n) is 15.2. The van der Waals surface area contributed by atoms with Crippen LogP contribution in [0.25, 0.3) is 5.69 Å². The van der Waals surface area contributed by atoms with Gasteiger partial charge in [0.1, 0.15) is 0 Å². The molecule has 4 nitrogen and oxygen atoms in total. The molecule has 0 fully saturated rings. The highest BCUT2D eigenvalue weighted by atomic mass is 35.5. The Kier molecular flexibility index (Phi) is 5.43. The zero-order chi connectivity index (χ0) is 18.7. The molecular formula is C21H22ClN3O. The molecular weight excluding hydrogens is 346 g/mol. The van der Waals surface area contributed by atoms with Crippen LogP contribution >= 0.6 is 11.6 Å². The largest absolute Gasteiger partial charge is 0.326 e. The van der Waals surface area contributed by atoms with Crippen LogP contribution < -0.4 is 5.32 Å². The van der Waals surface area contributed by atoms with Gasteiger partial charge in [0.2, 0.25) is 5.91 Å². The van der Waals surface area contributed by atoms with E-state index in [1.54, 1.807) is 6.07 Å². The summed E-state index contributed by atoms with van der Waals surface area (Å²) in [5.74, 6) is -0.0313. The maximum Gasteiger partial charge on any atom is 0.224 e. The highest BCUT2D eigenvalue weighted by molar-refractivity contribution is 6.31. The highest BCUT2D eigenvalue weighted by Gasteiger charge is 2.14. The Hall–Kier alpha value is -2.59. The van der Waals surface area contributed by atoms with E-state index < -0.39 is 0 Å². The topological polar surface area (TPSA) is 46.9 Å². The SMILES string of the molecule is Cc1ccc(NC(=O)CCc2c(C)nn(-c3ccccc3)c2C)cc1Cl. The molecule has 3 rings (SSSR count). The summed E-state index contributed by atoms with van der Waals surface area (Å²) in [5.41, 5.74) is 5.88. The number of anilines is 1. The number of benzene rings is 2. The van der Waals surface area contributed by atoms with Crippen LogP contribution in [0.3, 0.4) is 0 Å². The normalized spacial score (nSPS) is 10.8. The second-order valence-corrected chi connectivity index (χ2v) is 6.82. The lowest BCUT2D eigenvalue weighted by molar-refractivity contribution is -0.116. The van der Waals surface area contributed by atoms with Gasteiger partial charge >= 0.3 is 0 Å². The number of carbonyl (C=O) groups is 1. The van der Waals surface area contributed by atoms with E-state index in [0.717, 1.165) is 33.9 Å². The van der Waals surface area contributed by atoms with Crippen molar-refractivity contribution in [3.05, 3.63) is 76.1 Å². The number of carbonyl (C=O) groups excluding carboxylic acids is 1. The van der Waals surface area contributed by atoms with Crippen LogP contribution in [0, 0.1) is 20.8 Å². The van der Waals surface area contributed by atoms with Crippen molar-refractivity contribution < 1.29 is 4.79 Å². The van der Waals surface area contributed by atoms with E-state index in [-0.39, 0.29) is 5.91 Å². The van der Waals surface area contributed by atoms with Gasteiger partial charge in [-0.15, -0.1) is 0 Å². The molecule has 0 spiro atoms. The molecule has 0 unspecified atom stereocenters. The Morgan fingerprint density at radius 2 is 1.85 bits per heavy atom. The third-order valence-electron chi connectivity index (χ3n) is 4.50. The van der Waals surface area contributed by atoms with E-state index >= 15 is 0 Å². The van der Waals surface area contributed by atoms with Crippen molar-refractivity contribution in [2.45, 2.75) is 33.6 Å². The number of amides is 1. The number of hydrogen-bond acceptors (Lipinski definition) is 2. The van der Waals surface area contributed by atoms with E-state index in [2.05, 4.69) is 10.4 Å². The Balaban J connectivity index is 1.69. The lowest BCUT2D eigenvalue weighted by Gasteiger charge is -2.08. The Morgan fingerprint density at radius 1 is 1.12 bits per heavy atom. The summed E-state index contributed by atoms with van der Waals surface area (Å²) in [4.78, 5) is 12.3. The molecule has 0 bridgehead atoms. The third kappa shape index (κ3) is 3.97. The zero-order valence-corrected chi connectivity index (χ0v) is 16.0. The van der Waals surface area contributed by atoms with Gasteiger partial charge in [0, 0.05) is 22.8 Å². The first-order valence-electron chi connectivity index (χ1n) is 8.62. The maximum absolute atomic E-state index is 12.3. The number of aromatic nitrogens is 2. The minimum Gasteiger partial charge on any atom is -0.326 e. The molecule has 134 valence electrons. The second-order valence-electron chi connectivity index (χ2n) is 6.41. The maximum atomic E-state index is 12.3. The molecule has 5 heteroatoms. The van der Waals surface area contributed by atoms with E-state index in [1.165, 1.54) is 0 Å². The fourth-order valence-corrected chi connectivity index (χ4v) is 3.17. The number of aryl methyl sites for hydroxylation is 2. The summed E-state index contributed by atoms with van der Waals surface area (Å²) in [6, 6.07) is 15.6. The smallest absolute Gasteiger partial charge is 0.224 e. The number of rotatable bonds is 5. The summed E-state index contributed by atoms with van der Waals surface area (Å²) < 4.78 is 1.93. The molecule has 0 radical (unpaired) electrons. The lowest BCUT2D eigenvalue weighted by atomic mass is 10.1. The van der Waals surface area contributed by atoms with E-state index in [0.29, 0.717) is 17.9 Å². The summed E-state index contributed by atoms with van der Waals surface area (Å²) in [6.45, 7) is 5.96. The fourth-order valence-electron chi connectivity index (χ4n) is 2.99. The van der Waals surface area contributed by atoms with Gasteiger partial charge in [0.25, 0.3) is 0 Å². The van der Waals surface area contributed by atoms with E-state index in [1.807, 2.05) is 67.9 Å². The fraction of sp³-hybridized carbons (Fsp3) is 0.238. The number of nitrogens with zero attached hydrogens (tertiary/aromatic N) is 2. The van der Waals surface area contributed by atoms with Gasteiger partial charge < -0.3 is 5.32 Å².